The molecule has 24 heavy (non-hydrogen) atoms. The normalized spacial score (nSPS) is 12.7. The van der Waals surface area contributed by atoms with Crippen LogP contribution in [0, 0.1) is 6.92 Å². The monoisotopic (exact) mass is 322 g/mol. The summed E-state index contributed by atoms with van der Waals surface area (Å²) in [6.07, 6.45) is 1.09. The van der Waals surface area contributed by atoms with E-state index in [-0.39, 0.29) is 12.0 Å². The van der Waals surface area contributed by atoms with E-state index in [1.807, 2.05) is 19.9 Å². The maximum Gasteiger partial charge on any atom is 0.119 e. The highest BCUT2D eigenvalue weighted by atomic mass is 16.5. The number of hydrogen-bond donors (Lipinski definition) is 2. The molecule has 0 radical (unpaired) electrons. The molecule has 0 saturated heterocycles. The molecule has 2 aromatic carbocycles. The van der Waals surface area contributed by atoms with Gasteiger partial charge in [0.25, 0.3) is 0 Å². The van der Waals surface area contributed by atoms with E-state index in [9.17, 15) is 0 Å². The molecule has 0 aliphatic carbocycles. The smallest absolute Gasteiger partial charge is 0.119 e. The van der Waals surface area contributed by atoms with E-state index in [1.54, 1.807) is 0 Å². The summed E-state index contributed by atoms with van der Waals surface area (Å²) in [5.74, 6) is 1.21. The van der Waals surface area contributed by atoms with Gasteiger partial charge in [-0.05, 0) is 63.1 Å². The Bertz CT molecular complexity index is 820. The third-order valence-corrected chi connectivity index (χ3v) is 4.39. The van der Waals surface area contributed by atoms with Gasteiger partial charge in [0.2, 0.25) is 0 Å². The highest BCUT2D eigenvalue weighted by Gasteiger charge is 2.18. The molecule has 0 amide bonds. The Kier molecular flexibility index (Phi) is 4.91. The van der Waals surface area contributed by atoms with Crippen LogP contribution in [0.4, 0.5) is 0 Å². The molecular formula is C21H26N2O. The fraction of sp³-hybridized carbons (Fsp3) is 0.333. The van der Waals surface area contributed by atoms with Crippen LogP contribution in [0.1, 0.15) is 36.6 Å². The minimum atomic E-state index is 0.182. The molecule has 3 rings (SSSR count). The quantitative estimate of drug-likeness (QED) is 0.699. The van der Waals surface area contributed by atoms with E-state index in [2.05, 4.69) is 54.4 Å². The van der Waals surface area contributed by atoms with Crippen LogP contribution in [0.2, 0.25) is 0 Å². The van der Waals surface area contributed by atoms with Crippen LogP contribution < -0.4 is 10.5 Å². The Morgan fingerprint density at radius 2 is 1.88 bits per heavy atom. The lowest BCUT2D eigenvalue weighted by molar-refractivity contribution is 0.242. The van der Waals surface area contributed by atoms with Gasteiger partial charge in [-0.1, -0.05) is 30.3 Å². The summed E-state index contributed by atoms with van der Waals surface area (Å²) in [4.78, 5) is 3.48. The van der Waals surface area contributed by atoms with E-state index in [0.29, 0.717) is 6.54 Å². The van der Waals surface area contributed by atoms with Gasteiger partial charge in [0, 0.05) is 22.5 Å². The van der Waals surface area contributed by atoms with Gasteiger partial charge in [-0.15, -0.1) is 0 Å². The Morgan fingerprint density at radius 3 is 2.62 bits per heavy atom. The van der Waals surface area contributed by atoms with Crippen LogP contribution in [-0.4, -0.2) is 17.6 Å². The Labute approximate surface area is 143 Å². The second kappa shape index (κ2) is 7.10. The maximum absolute atomic E-state index is 6.15. The zero-order valence-corrected chi connectivity index (χ0v) is 14.7. The highest BCUT2D eigenvalue weighted by molar-refractivity contribution is 5.85. The first-order chi connectivity index (χ1) is 11.6. The first-order valence-corrected chi connectivity index (χ1v) is 8.61. The number of para-hydroxylation sites is 1. The van der Waals surface area contributed by atoms with Crippen molar-refractivity contribution in [2.75, 3.05) is 6.54 Å². The van der Waals surface area contributed by atoms with Gasteiger partial charge in [-0.3, -0.25) is 0 Å². The number of benzene rings is 2. The van der Waals surface area contributed by atoms with Crippen LogP contribution in [0.15, 0.2) is 48.5 Å². The van der Waals surface area contributed by atoms with Crippen molar-refractivity contribution in [2.24, 2.45) is 5.73 Å². The number of nitrogens with two attached hydrogens (primary N) is 1. The van der Waals surface area contributed by atoms with Crippen molar-refractivity contribution >= 4 is 10.9 Å². The number of aromatic nitrogens is 1. The molecule has 3 aromatic rings. The lowest BCUT2D eigenvalue weighted by atomic mass is 9.90. The summed E-state index contributed by atoms with van der Waals surface area (Å²) >= 11 is 0. The second-order valence-corrected chi connectivity index (χ2v) is 6.66. The van der Waals surface area contributed by atoms with Crippen LogP contribution in [-0.2, 0) is 6.42 Å². The number of aromatic amines is 1. The van der Waals surface area contributed by atoms with Gasteiger partial charge >= 0.3 is 0 Å². The van der Waals surface area contributed by atoms with Crippen LogP contribution in [0.5, 0.6) is 5.75 Å². The largest absolute Gasteiger partial charge is 0.491 e. The van der Waals surface area contributed by atoms with Crippen molar-refractivity contribution in [1.82, 2.24) is 4.98 Å². The molecule has 1 aromatic heterocycles. The fourth-order valence-corrected chi connectivity index (χ4v) is 3.43. The van der Waals surface area contributed by atoms with Gasteiger partial charge in [0.05, 0.1) is 6.10 Å². The SMILES string of the molecule is Cc1[nH]c2ccccc2c1C(CN)Cc1cccc(OC(C)C)c1. The maximum atomic E-state index is 6.15. The second-order valence-electron chi connectivity index (χ2n) is 6.66. The molecule has 1 heterocycles. The first kappa shape index (κ1) is 16.6. The topological polar surface area (TPSA) is 51.0 Å². The zero-order chi connectivity index (χ0) is 17.1. The third kappa shape index (κ3) is 3.46. The van der Waals surface area contributed by atoms with Crippen molar-refractivity contribution in [3.8, 4) is 5.75 Å². The van der Waals surface area contributed by atoms with Gasteiger partial charge in [0.1, 0.15) is 5.75 Å². The number of aryl methyl sites for hydroxylation is 1. The lowest BCUT2D eigenvalue weighted by Gasteiger charge is -2.17. The average Bonchev–Trinajstić information content (AvgIpc) is 2.88. The van der Waals surface area contributed by atoms with Crippen molar-refractivity contribution in [3.63, 3.8) is 0 Å². The number of ether oxygens (including phenoxy) is 1. The summed E-state index contributed by atoms with van der Waals surface area (Å²) in [7, 11) is 0. The summed E-state index contributed by atoms with van der Waals surface area (Å²) in [5, 5.41) is 1.28. The molecule has 3 N–H and O–H groups in total. The predicted molar refractivity (Wildman–Crippen MR) is 101 cm³/mol. The molecule has 0 spiro atoms. The summed E-state index contributed by atoms with van der Waals surface area (Å²) in [5.41, 5.74) is 11.1. The first-order valence-electron chi connectivity index (χ1n) is 8.61. The standard InChI is InChI=1S/C21H26N2O/c1-14(2)24-18-8-6-7-16(12-18)11-17(13-22)21-15(3)23-20-10-5-4-9-19(20)21/h4-10,12,14,17,23H,11,13,22H2,1-3H3. The molecule has 3 nitrogen and oxygen atoms in total. The van der Waals surface area contributed by atoms with Crippen molar-refractivity contribution in [3.05, 3.63) is 65.4 Å². The minimum absolute atomic E-state index is 0.182. The van der Waals surface area contributed by atoms with Gasteiger partial charge < -0.3 is 15.5 Å². The van der Waals surface area contributed by atoms with E-state index in [4.69, 9.17) is 10.5 Å². The van der Waals surface area contributed by atoms with Crippen LogP contribution in [0.3, 0.4) is 0 Å². The van der Waals surface area contributed by atoms with Crippen molar-refractivity contribution < 1.29 is 4.74 Å². The zero-order valence-electron chi connectivity index (χ0n) is 14.7. The summed E-state index contributed by atoms with van der Waals surface area (Å²) in [6, 6.07) is 16.8. The number of hydrogen-bond acceptors (Lipinski definition) is 2. The summed E-state index contributed by atoms with van der Waals surface area (Å²) in [6.45, 7) is 6.85. The van der Waals surface area contributed by atoms with Gasteiger partial charge in [-0.2, -0.15) is 0 Å². The molecule has 0 bridgehead atoms. The Hall–Kier alpha value is -2.26. The molecule has 0 aliphatic rings. The number of H-pyrrole nitrogens is 1. The number of rotatable bonds is 6. The number of fused-ring (bicyclic) bond motifs is 1. The average molecular weight is 322 g/mol. The van der Waals surface area contributed by atoms with E-state index in [1.165, 1.54) is 27.7 Å². The molecule has 3 heteroatoms. The minimum Gasteiger partial charge on any atom is -0.491 e. The Balaban J connectivity index is 1.91. The van der Waals surface area contributed by atoms with Crippen molar-refractivity contribution in [2.45, 2.75) is 39.2 Å². The van der Waals surface area contributed by atoms with E-state index < -0.39 is 0 Å². The molecule has 0 saturated carbocycles. The highest BCUT2D eigenvalue weighted by Crippen LogP contribution is 2.31. The van der Waals surface area contributed by atoms with Gasteiger partial charge in [0.15, 0.2) is 0 Å². The van der Waals surface area contributed by atoms with E-state index >= 15 is 0 Å². The van der Waals surface area contributed by atoms with E-state index in [0.717, 1.165) is 12.2 Å². The lowest BCUT2D eigenvalue weighted by Crippen LogP contribution is -2.16. The van der Waals surface area contributed by atoms with Crippen molar-refractivity contribution in [1.29, 1.82) is 0 Å². The molecule has 0 aliphatic heterocycles. The molecule has 1 unspecified atom stereocenters. The third-order valence-electron chi connectivity index (χ3n) is 4.39. The summed E-state index contributed by atoms with van der Waals surface area (Å²) < 4.78 is 5.82. The molecule has 1 atom stereocenters. The molecule has 126 valence electrons. The van der Waals surface area contributed by atoms with Gasteiger partial charge in [-0.25, -0.2) is 0 Å². The fourth-order valence-electron chi connectivity index (χ4n) is 3.43. The molecular weight excluding hydrogens is 296 g/mol. The predicted octanol–water partition coefficient (Wildman–Crippen LogP) is 4.55. The van der Waals surface area contributed by atoms with Crippen LogP contribution in [0.25, 0.3) is 10.9 Å². The number of nitrogens with one attached hydrogen (secondary N) is 1. The Morgan fingerprint density at radius 1 is 1.08 bits per heavy atom. The molecule has 0 fully saturated rings. The van der Waals surface area contributed by atoms with Crippen LogP contribution >= 0.6 is 0 Å².